The Hall–Kier alpha value is -0.710. The van der Waals surface area contributed by atoms with Crippen LogP contribution in [0.2, 0.25) is 0 Å². The van der Waals surface area contributed by atoms with Crippen molar-refractivity contribution in [3.8, 4) is 0 Å². The molecule has 3 nitrogen and oxygen atoms in total. The number of nitrogens with one attached hydrogen (secondary N) is 1. The van der Waals surface area contributed by atoms with Crippen molar-refractivity contribution in [1.29, 1.82) is 0 Å². The van der Waals surface area contributed by atoms with E-state index < -0.39 is 6.43 Å². The summed E-state index contributed by atoms with van der Waals surface area (Å²) in [5, 5.41) is 2.80. The first-order valence-electron chi connectivity index (χ1n) is 5.92. The van der Waals surface area contributed by atoms with E-state index in [9.17, 15) is 13.6 Å². The zero-order valence-corrected chi connectivity index (χ0v) is 9.72. The molecule has 1 fully saturated rings. The standard InChI is InChI=1S/C11H20F2N2O/c1-2-4-11(16)15-6-3-5-9(8-15)14-7-10(12)13/h9-10,14H,2-8H2,1H3. The second-order valence-electron chi connectivity index (χ2n) is 4.23. The second kappa shape index (κ2) is 6.78. The van der Waals surface area contributed by atoms with Gasteiger partial charge < -0.3 is 10.2 Å². The highest BCUT2D eigenvalue weighted by molar-refractivity contribution is 5.76. The van der Waals surface area contributed by atoms with E-state index in [1.807, 2.05) is 6.92 Å². The number of nitrogens with zero attached hydrogens (tertiary/aromatic N) is 1. The van der Waals surface area contributed by atoms with Crippen LogP contribution < -0.4 is 5.32 Å². The summed E-state index contributed by atoms with van der Waals surface area (Å²) in [7, 11) is 0. The van der Waals surface area contributed by atoms with E-state index in [2.05, 4.69) is 5.32 Å². The lowest BCUT2D eigenvalue weighted by molar-refractivity contribution is -0.132. The van der Waals surface area contributed by atoms with Gasteiger partial charge in [-0.05, 0) is 19.3 Å². The molecule has 5 heteroatoms. The van der Waals surface area contributed by atoms with Crippen LogP contribution in [0.15, 0.2) is 0 Å². The monoisotopic (exact) mass is 234 g/mol. The topological polar surface area (TPSA) is 32.3 Å². The van der Waals surface area contributed by atoms with E-state index in [0.717, 1.165) is 25.8 Å². The third-order valence-corrected chi connectivity index (χ3v) is 2.80. The molecule has 1 rings (SSSR count). The summed E-state index contributed by atoms with van der Waals surface area (Å²) in [6.07, 6.45) is 0.854. The zero-order valence-electron chi connectivity index (χ0n) is 9.72. The highest BCUT2D eigenvalue weighted by Gasteiger charge is 2.23. The number of amides is 1. The van der Waals surface area contributed by atoms with E-state index in [4.69, 9.17) is 0 Å². The van der Waals surface area contributed by atoms with Crippen molar-refractivity contribution in [2.24, 2.45) is 0 Å². The minimum Gasteiger partial charge on any atom is -0.341 e. The zero-order chi connectivity index (χ0) is 12.0. The predicted molar refractivity (Wildman–Crippen MR) is 58.5 cm³/mol. The Balaban J connectivity index is 2.32. The van der Waals surface area contributed by atoms with Crippen LogP contribution in [0.5, 0.6) is 0 Å². The maximum Gasteiger partial charge on any atom is 0.250 e. The molecule has 0 radical (unpaired) electrons. The van der Waals surface area contributed by atoms with Crippen molar-refractivity contribution in [2.75, 3.05) is 19.6 Å². The Morgan fingerprint density at radius 3 is 2.94 bits per heavy atom. The summed E-state index contributed by atoms with van der Waals surface area (Å²) in [6.45, 7) is 3.03. The van der Waals surface area contributed by atoms with Gasteiger partial charge in [0.2, 0.25) is 5.91 Å². The summed E-state index contributed by atoms with van der Waals surface area (Å²) in [6, 6.07) is 0.0311. The Kier molecular flexibility index (Phi) is 5.66. The number of piperidine rings is 1. The third kappa shape index (κ3) is 4.43. The van der Waals surface area contributed by atoms with E-state index in [-0.39, 0.29) is 18.5 Å². The molecule has 1 heterocycles. The number of likely N-dealkylation sites (tertiary alicyclic amines) is 1. The van der Waals surface area contributed by atoms with Crippen LogP contribution in [0.3, 0.4) is 0 Å². The lowest BCUT2D eigenvalue weighted by Crippen LogP contribution is -2.48. The molecule has 0 aliphatic carbocycles. The van der Waals surface area contributed by atoms with Crippen LogP contribution >= 0.6 is 0 Å². The highest BCUT2D eigenvalue weighted by Crippen LogP contribution is 2.12. The maximum atomic E-state index is 12.0. The first-order chi connectivity index (χ1) is 7.63. The van der Waals surface area contributed by atoms with Crippen LogP contribution in [0.25, 0.3) is 0 Å². The van der Waals surface area contributed by atoms with Gasteiger partial charge >= 0.3 is 0 Å². The molecule has 1 aliphatic rings. The highest BCUT2D eigenvalue weighted by atomic mass is 19.3. The third-order valence-electron chi connectivity index (χ3n) is 2.80. The first kappa shape index (κ1) is 13.4. The fourth-order valence-corrected chi connectivity index (χ4v) is 2.00. The molecule has 1 N–H and O–H groups in total. The molecule has 1 unspecified atom stereocenters. The van der Waals surface area contributed by atoms with Crippen molar-refractivity contribution in [3.05, 3.63) is 0 Å². The van der Waals surface area contributed by atoms with E-state index >= 15 is 0 Å². The van der Waals surface area contributed by atoms with Crippen molar-refractivity contribution in [2.45, 2.75) is 45.1 Å². The van der Waals surface area contributed by atoms with Gasteiger partial charge in [0.25, 0.3) is 6.43 Å². The Bertz CT molecular complexity index is 224. The predicted octanol–water partition coefficient (Wildman–Crippen LogP) is 1.63. The van der Waals surface area contributed by atoms with Gasteiger partial charge in [-0.3, -0.25) is 4.79 Å². The quantitative estimate of drug-likeness (QED) is 0.784. The van der Waals surface area contributed by atoms with Crippen LogP contribution in [0.1, 0.15) is 32.6 Å². The lowest BCUT2D eigenvalue weighted by Gasteiger charge is -2.33. The fraction of sp³-hybridized carbons (Fsp3) is 0.909. The molecular weight excluding hydrogens is 214 g/mol. The number of alkyl halides is 2. The Morgan fingerprint density at radius 1 is 1.56 bits per heavy atom. The van der Waals surface area contributed by atoms with Crippen molar-refractivity contribution in [1.82, 2.24) is 10.2 Å². The number of halogens is 2. The number of carbonyl (C=O) groups is 1. The smallest absolute Gasteiger partial charge is 0.250 e. The number of hydrogen-bond acceptors (Lipinski definition) is 2. The molecule has 0 aromatic heterocycles. The summed E-state index contributed by atoms with van der Waals surface area (Å²) >= 11 is 0. The van der Waals surface area contributed by atoms with Gasteiger partial charge in [-0.1, -0.05) is 6.92 Å². The normalized spacial score (nSPS) is 21.5. The number of rotatable bonds is 5. The molecule has 0 bridgehead atoms. The summed E-state index contributed by atoms with van der Waals surface area (Å²) in [5.74, 6) is 0.144. The van der Waals surface area contributed by atoms with E-state index in [1.54, 1.807) is 4.90 Å². The van der Waals surface area contributed by atoms with Crippen molar-refractivity contribution in [3.63, 3.8) is 0 Å². The average Bonchev–Trinajstić information content (AvgIpc) is 2.27. The van der Waals surface area contributed by atoms with Crippen molar-refractivity contribution >= 4 is 5.91 Å². The van der Waals surface area contributed by atoms with Gasteiger partial charge in [0.15, 0.2) is 0 Å². The van der Waals surface area contributed by atoms with Gasteiger partial charge in [0, 0.05) is 25.6 Å². The van der Waals surface area contributed by atoms with Gasteiger partial charge in [0.05, 0.1) is 6.54 Å². The molecule has 1 amide bonds. The van der Waals surface area contributed by atoms with Gasteiger partial charge in [-0.2, -0.15) is 0 Å². The van der Waals surface area contributed by atoms with Crippen LogP contribution in [0, 0.1) is 0 Å². The fourth-order valence-electron chi connectivity index (χ4n) is 2.00. The molecule has 0 spiro atoms. The minimum atomic E-state index is -2.32. The van der Waals surface area contributed by atoms with Gasteiger partial charge in [-0.25, -0.2) is 8.78 Å². The number of carbonyl (C=O) groups excluding carboxylic acids is 1. The molecule has 1 saturated heterocycles. The molecule has 0 saturated carbocycles. The largest absolute Gasteiger partial charge is 0.341 e. The van der Waals surface area contributed by atoms with Gasteiger partial charge in [0.1, 0.15) is 0 Å². The molecule has 0 aromatic carbocycles. The molecular formula is C11H20F2N2O. The Labute approximate surface area is 95.2 Å². The molecule has 16 heavy (non-hydrogen) atoms. The first-order valence-corrected chi connectivity index (χ1v) is 5.92. The number of hydrogen-bond donors (Lipinski definition) is 1. The SMILES string of the molecule is CCCC(=O)N1CCCC(NCC(F)F)C1. The summed E-state index contributed by atoms with van der Waals surface area (Å²) in [4.78, 5) is 13.4. The van der Waals surface area contributed by atoms with Crippen LogP contribution in [-0.4, -0.2) is 42.9 Å². The average molecular weight is 234 g/mol. The van der Waals surface area contributed by atoms with E-state index in [1.165, 1.54) is 0 Å². The van der Waals surface area contributed by atoms with Gasteiger partial charge in [-0.15, -0.1) is 0 Å². The molecule has 94 valence electrons. The molecule has 1 aliphatic heterocycles. The summed E-state index contributed by atoms with van der Waals surface area (Å²) in [5.41, 5.74) is 0. The van der Waals surface area contributed by atoms with Crippen molar-refractivity contribution < 1.29 is 13.6 Å². The van der Waals surface area contributed by atoms with Crippen LogP contribution in [0.4, 0.5) is 8.78 Å². The lowest BCUT2D eigenvalue weighted by atomic mass is 10.1. The summed E-state index contributed by atoms with van der Waals surface area (Å²) < 4.78 is 24.0. The van der Waals surface area contributed by atoms with Crippen LogP contribution in [-0.2, 0) is 4.79 Å². The maximum absolute atomic E-state index is 12.0. The minimum absolute atomic E-state index is 0.0311. The van der Waals surface area contributed by atoms with E-state index in [0.29, 0.717) is 13.0 Å². The Morgan fingerprint density at radius 2 is 2.31 bits per heavy atom. The molecule has 1 atom stereocenters. The second-order valence-corrected chi connectivity index (χ2v) is 4.23. The molecule has 0 aromatic rings.